The van der Waals surface area contributed by atoms with Gasteiger partial charge in [0.25, 0.3) is 0 Å². The van der Waals surface area contributed by atoms with Crippen LogP contribution in [0.15, 0.2) is 53.4 Å². The van der Waals surface area contributed by atoms with Gasteiger partial charge in [0.2, 0.25) is 4.90 Å². The van der Waals surface area contributed by atoms with Crippen LogP contribution in [0.5, 0.6) is 0 Å². The van der Waals surface area contributed by atoms with Crippen molar-refractivity contribution in [1.29, 1.82) is 0 Å². The normalized spacial score (nSPS) is 15.9. The first kappa shape index (κ1) is 22.3. The fourth-order valence-corrected chi connectivity index (χ4v) is 4.92. The van der Waals surface area contributed by atoms with E-state index in [4.69, 9.17) is 4.74 Å². The topological polar surface area (TPSA) is 91.7 Å². The lowest BCUT2D eigenvalue weighted by Gasteiger charge is -2.28. The molecule has 1 saturated heterocycles. The molecule has 0 aliphatic carbocycles. The predicted octanol–water partition coefficient (Wildman–Crippen LogP) is 3.84. The summed E-state index contributed by atoms with van der Waals surface area (Å²) in [6.07, 6.45) is 0. The Morgan fingerprint density at radius 2 is 1.72 bits per heavy atom. The van der Waals surface area contributed by atoms with E-state index in [2.05, 4.69) is 44.3 Å². The third-order valence-electron chi connectivity index (χ3n) is 5.73. The minimum Gasteiger partial charge on any atom is -0.381 e. The standard InChI is InChI=1S/C23H29N5O3S/c1-17-23(18(2)27(3)25-17)26-32(29,30)22-10-4-19(5-11-22)16-24-20-6-8-21(9-7-20)28-12-14-31-15-13-28/h4-11,24H,12-16H2,1-3H3,(H-,26,29,30)/p+1. The molecule has 1 aliphatic heterocycles. The van der Waals surface area contributed by atoms with Gasteiger partial charge in [0.05, 0.1) is 24.6 Å². The van der Waals surface area contributed by atoms with E-state index in [-0.39, 0.29) is 0 Å². The molecule has 4 rings (SSSR count). The molecule has 1 unspecified atom stereocenters. The van der Waals surface area contributed by atoms with Gasteiger partial charge in [0.1, 0.15) is 5.69 Å². The minimum absolute atomic E-state index is 0.332. The van der Waals surface area contributed by atoms with Gasteiger partial charge in [-0.05, 0) is 60.0 Å². The van der Waals surface area contributed by atoms with E-state index < -0.39 is 10.4 Å². The minimum atomic E-state index is -3.43. The summed E-state index contributed by atoms with van der Waals surface area (Å²) in [6, 6.07) is 15.5. The molecular weight excluding hydrogens is 426 g/mol. The molecule has 1 aromatic heterocycles. The summed E-state index contributed by atoms with van der Waals surface area (Å²) < 4.78 is 33.4. The van der Waals surface area contributed by atoms with Crippen molar-refractivity contribution in [3.05, 3.63) is 65.5 Å². The Labute approximate surface area is 190 Å². The molecule has 2 aromatic carbocycles. The maximum absolute atomic E-state index is 12.9. The second kappa shape index (κ2) is 9.32. The molecule has 0 amide bonds. The highest BCUT2D eigenvalue weighted by Gasteiger charge is 2.31. The number of rotatable bonds is 7. The van der Waals surface area contributed by atoms with Gasteiger partial charge in [-0.2, -0.15) is 14.4 Å². The van der Waals surface area contributed by atoms with E-state index >= 15 is 0 Å². The van der Waals surface area contributed by atoms with E-state index in [9.17, 15) is 8.76 Å². The summed E-state index contributed by atoms with van der Waals surface area (Å²) in [5.74, 6) is 0. The fourth-order valence-electron chi connectivity index (χ4n) is 3.73. The smallest absolute Gasteiger partial charge is 0.346 e. The molecule has 3 aromatic rings. The highest BCUT2D eigenvalue weighted by molar-refractivity contribution is 7.99. The number of aryl methyl sites for hydroxylation is 2. The number of nitrogens with zero attached hydrogens (tertiary/aromatic N) is 3. The molecule has 32 heavy (non-hydrogen) atoms. The van der Waals surface area contributed by atoms with Crippen molar-refractivity contribution in [2.24, 2.45) is 7.05 Å². The first-order valence-electron chi connectivity index (χ1n) is 10.6. The first-order chi connectivity index (χ1) is 15.3. The fraction of sp³-hybridized carbons (Fsp3) is 0.348. The molecule has 3 N–H and O–H groups in total. The summed E-state index contributed by atoms with van der Waals surface area (Å²) in [4.78, 5) is 2.65. The average molecular weight is 457 g/mol. The van der Waals surface area contributed by atoms with Gasteiger partial charge >= 0.3 is 10.4 Å². The van der Waals surface area contributed by atoms with Crippen molar-refractivity contribution in [3.8, 4) is 0 Å². The molecule has 0 spiro atoms. The Morgan fingerprint density at radius 1 is 1.06 bits per heavy atom. The van der Waals surface area contributed by atoms with Crippen molar-refractivity contribution < 1.29 is 13.5 Å². The van der Waals surface area contributed by atoms with Crippen LogP contribution in [0.1, 0.15) is 17.0 Å². The van der Waals surface area contributed by atoms with E-state index in [0.717, 1.165) is 43.2 Å². The number of benzene rings is 2. The number of ether oxygens (including phenoxy) is 1. The van der Waals surface area contributed by atoms with Gasteiger partial charge in [0, 0.05) is 38.1 Å². The predicted molar refractivity (Wildman–Crippen MR) is 128 cm³/mol. The van der Waals surface area contributed by atoms with E-state index in [1.165, 1.54) is 5.69 Å². The zero-order valence-corrected chi connectivity index (χ0v) is 19.5. The third-order valence-corrected chi connectivity index (χ3v) is 7.12. The lowest BCUT2D eigenvalue weighted by molar-refractivity contribution is 0.122. The second-order valence-electron chi connectivity index (χ2n) is 7.94. The zero-order valence-electron chi connectivity index (χ0n) is 18.7. The summed E-state index contributed by atoms with van der Waals surface area (Å²) >= 11 is 0. The van der Waals surface area contributed by atoms with Crippen LogP contribution in [0.25, 0.3) is 0 Å². The van der Waals surface area contributed by atoms with Gasteiger partial charge in [-0.1, -0.05) is 12.1 Å². The number of anilines is 3. The van der Waals surface area contributed by atoms with Crippen molar-refractivity contribution in [3.63, 3.8) is 0 Å². The molecule has 0 saturated carbocycles. The van der Waals surface area contributed by atoms with Gasteiger partial charge in [-0.15, -0.1) is 0 Å². The van der Waals surface area contributed by atoms with Crippen LogP contribution in [-0.2, 0) is 32.9 Å². The summed E-state index contributed by atoms with van der Waals surface area (Å²) in [5, 5.41) is 7.69. The summed E-state index contributed by atoms with van der Waals surface area (Å²) in [6.45, 7) is 7.68. The van der Waals surface area contributed by atoms with Gasteiger partial charge in [0.15, 0.2) is 0 Å². The number of aromatic nitrogens is 2. The van der Waals surface area contributed by atoms with Crippen LogP contribution in [0.2, 0.25) is 0 Å². The number of hydrogen-bond donors (Lipinski definition) is 3. The average Bonchev–Trinajstić information content (AvgIpc) is 3.04. The Morgan fingerprint density at radius 3 is 2.31 bits per heavy atom. The number of hydrogen-bond acceptors (Lipinski definition) is 5. The van der Waals surface area contributed by atoms with Crippen molar-refractivity contribution in [2.75, 3.05) is 41.2 Å². The molecule has 0 radical (unpaired) electrons. The van der Waals surface area contributed by atoms with Crippen LogP contribution >= 0.6 is 0 Å². The van der Waals surface area contributed by atoms with Crippen LogP contribution in [0, 0.1) is 13.8 Å². The van der Waals surface area contributed by atoms with Crippen LogP contribution in [0.3, 0.4) is 0 Å². The zero-order chi connectivity index (χ0) is 22.7. The lowest BCUT2D eigenvalue weighted by Crippen LogP contribution is -2.36. The molecule has 1 atom stereocenters. The highest BCUT2D eigenvalue weighted by atomic mass is 32.3. The highest BCUT2D eigenvalue weighted by Crippen LogP contribution is 2.26. The molecule has 9 heteroatoms. The van der Waals surface area contributed by atoms with Crippen molar-refractivity contribution >= 4 is 27.5 Å². The lowest BCUT2D eigenvalue weighted by atomic mass is 10.2. The van der Waals surface area contributed by atoms with Crippen molar-refractivity contribution in [1.82, 2.24) is 9.78 Å². The van der Waals surface area contributed by atoms with Crippen LogP contribution < -0.4 is 14.9 Å². The Hall–Kier alpha value is -2.88. The Bertz CT molecular complexity index is 1110. The van der Waals surface area contributed by atoms with Crippen LogP contribution in [-0.4, -0.2) is 40.6 Å². The number of morpholine rings is 1. The summed E-state index contributed by atoms with van der Waals surface area (Å²) in [7, 11) is -1.62. The van der Waals surface area contributed by atoms with Gasteiger partial charge in [-0.25, -0.2) is 0 Å². The van der Waals surface area contributed by atoms with E-state index in [1.54, 1.807) is 16.8 Å². The largest absolute Gasteiger partial charge is 0.381 e. The van der Waals surface area contributed by atoms with Gasteiger partial charge < -0.3 is 15.0 Å². The molecule has 1 aliphatic rings. The summed E-state index contributed by atoms with van der Waals surface area (Å²) in [5.41, 5.74) is 5.34. The molecule has 170 valence electrons. The van der Waals surface area contributed by atoms with Crippen LogP contribution in [0.4, 0.5) is 17.1 Å². The third kappa shape index (κ3) is 4.95. The Balaban J connectivity index is 1.36. The van der Waals surface area contributed by atoms with Gasteiger partial charge in [-0.3, -0.25) is 4.68 Å². The maximum Gasteiger partial charge on any atom is 0.346 e. The first-order valence-corrected chi connectivity index (χ1v) is 12.2. The van der Waals surface area contributed by atoms with Crippen molar-refractivity contribution in [2.45, 2.75) is 25.3 Å². The molecule has 1 fully saturated rings. The Kier molecular flexibility index (Phi) is 6.50. The second-order valence-corrected chi connectivity index (χ2v) is 9.67. The maximum atomic E-state index is 12.9. The molecular formula is C23H30N5O3S+. The molecule has 8 nitrogen and oxygen atoms in total. The quantitative estimate of drug-likeness (QED) is 0.468. The monoisotopic (exact) mass is 456 g/mol. The van der Waals surface area contributed by atoms with E-state index in [0.29, 0.717) is 22.8 Å². The SMILES string of the molecule is Cc1nn(C)c(C)c1N[S+](=O)(O)c1ccc(CNc2ccc(N3CCOCC3)cc2)cc1. The number of nitrogens with one attached hydrogen (secondary N) is 2. The molecule has 0 bridgehead atoms. The molecule has 2 heterocycles. The van der Waals surface area contributed by atoms with E-state index in [1.807, 2.05) is 33.0 Å².